The lowest BCUT2D eigenvalue weighted by atomic mass is 9.94. The number of ether oxygens (including phenoxy) is 1. The highest BCUT2D eigenvalue weighted by molar-refractivity contribution is 7.89. The van der Waals surface area contributed by atoms with Gasteiger partial charge in [0.15, 0.2) is 0 Å². The Hall–Kier alpha value is -3.13. The van der Waals surface area contributed by atoms with Gasteiger partial charge in [-0.15, -0.1) is 0 Å². The molecule has 0 spiro atoms. The highest BCUT2D eigenvalue weighted by Crippen LogP contribution is 2.19. The zero-order valence-corrected chi connectivity index (χ0v) is 19.2. The summed E-state index contributed by atoms with van der Waals surface area (Å²) in [6.45, 7) is 0. The number of carboxylic acid groups (broad SMARTS) is 1. The predicted molar refractivity (Wildman–Crippen MR) is 122 cm³/mol. The normalized spacial score (nSPS) is 14.0. The van der Waals surface area contributed by atoms with Crippen molar-refractivity contribution in [2.24, 2.45) is 0 Å². The van der Waals surface area contributed by atoms with Crippen LogP contribution in [0.15, 0.2) is 59.5 Å². The first kappa shape index (κ1) is 26.1. The number of benzene rings is 2. The number of carbonyl (C=O) groups is 1. The molecule has 0 bridgehead atoms. The van der Waals surface area contributed by atoms with Crippen LogP contribution in [-0.2, 0) is 16.4 Å². The number of unbranched alkanes of at least 4 members (excludes halogenated alkanes) is 2. The van der Waals surface area contributed by atoms with Gasteiger partial charge in [-0.05, 0) is 49.1 Å². The number of aliphatic hydroxyl groups is 1. The van der Waals surface area contributed by atoms with E-state index in [-0.39, 0.29) is 17.7 Å². The van der Waals surface area contributed by atoms with Crippen molar-refractivity contribution in [1.29, 1.82) is 5.26 Å². The molecule has 0 aliphatic rings. The molecule has 0 fully saturated rings. The molecule has 0 aromatic heterocycles. The Morgan fingerprint density at radius 2 is 1.76 bits per heavy atom. The van der Waals surface area contributed by atoms with Gasteiger partial charge in [0.25, 0.3) is 0 Å². The van der Waals surface area contributed by atoms with E-state index in [4.69, 9.17) is 10.00 Å². The van der Waals surface area contributed by atoms with E-state index in [9.17, 15) is 23.4 Å². The summed E-state index contributed by atoms with van der Waals surface area (Å²) in [6.07, 6.45) is -0.967. The molecule has 0 radical (unpaired) electrons. The number of aliphatic hydroxyl groups excluding tert-OH is 1. The Morgan fingerprint density at radius 3 is 2.33 bits per heavy atom. The van der Waals surface area contributed by atoms with Gasteiger partial charge >= 0.3 is 6.09 Å². The zero-order chi connectivity index (χ0) is 24.3. The topological polar surface area (TPSA) is 149 Å². The van der Waals surface area contributed by atoms with Crippen molar-refractivity contribution in [3.8, 4) is 11.8 Å². The highest BCUT2D eigenvalue weighted by atomic mass is 32.2. The van der Waals surface area contributed by atoms with Gasteiger partial charge in [-0.2, -0.15) is 5.26 Å². The average molecular weight is 476 g/mol. The van der Waals surface area contributed by atoms with E-state index in [0.717, 1.165) is 5.56 Å². The molecular formula is C23H29N3O6S. The third-order valence-corrected chi connectivity index (χ3v) is 6.67. The molecule has 10 heteroatoms. The lowest BCUT2D eigenvalue weighted by molar-refractivity contribution is 0.0876. The first-order chi connectivity index (χ1) is 15.8. The Labute approximate surface area is 194 Å². The van der Waals surface area contributed by atoms with E-state index in [1.54, 1.807) is 24.3 Å². The number of rotatable bonds is 13. The zero-order valence-electron chi connectivity index (χ0n) is 18.3. The Morgan fingerprint density at radius 1 is 1.09 bits per heavy atom. The third kappa shape index (κ3) is 8.38. The van der Waals surface area contributed by atoms with E-state index in [0.29, 0.717) is 25.0 Å². The summed E-state index contributed by atoms with van der Waals surface area (Å²) in [4.78, 5) is 11.4. The molecule has 178 valence electrons. The van der Waals surface area contributed by atoms with Crippen molar-refractivity contribution < 1.29 is 28.2 Å². The summed E-state index contributed by atoms with van der Waals surface area (Å²) in [6, 6.07) is 14.9. The van der Waals surface area contributed by atoms with Gasteiger partial charge in [0.2, 0.25) is 10.0 Å². The second-order valence-corrected chi connectivity index (χ2v) is 9.26. The summed E-state index contributed by atoms with van der Waals surface area (Å²) in [5.74, 6) is 0.496. The summed E-state index contributed by atoms with van der Waals surface area (Å²) < 4.78 is 33.6. The van der Waals surface area contributed by atoms with Gasteiger partial charge in [-0.3, -0.25) is 0 Å². The number of nitrogens with zero attached hydrogens (tertiary/aromatic N) is 1. The fraction of sp³-hybridized carbons (Fsp3) is 0.391. The maximum atomic E-state index is 13.0. The number of nitriles is 1. The van der Waals surface area contributed by atoms with Crippen LogP contribution < -0.4 is 14.8 Å². The number of amides is 1. The second-order valence-electron chi connectivity index (χ2n) is 7.54. The van der Waals surface area contributed by atoms with Gasteiger partial charge in [-0.1, -0.05) is 36.8 Å². The molecule has 0 saturated heterocycles. The van der Waals surface area contributed by atoms with Crippen LogP contribution >= 0.6 is 0 Å². The predicted octanol–water partition coefficient (Wildman–Crippen LogP) is 2.67. The highest BCUT2D eigenvalue weighted by Gasteiger charge is 2.32. The van der Waals surface area contributed by atoms with Crippen molar-refractivity contribution in [3.63, 3.8) is 0 Å². The minimum absolute atomic E-state index is 0.0108. The van der Waals surface area contributed by atoms with Crippen LogP contribution in [-0.4, -0.2) is 50.0 Å². The summed E-state index contributed by atoms with van der Waals surface area (Å²) in [5, 5.41) is 31.5. The minimum atomic E-state index is -4.01. The Kier molecular flexibility index (Phi) is 10.1. The molecule has 0 aliphatic heterocycles. The quantitative estimate of drug-likeness (QED) is 0.325. The molecule has 0 aliphatic carbocycles. The number of hydrogen-bond donors (Lipinski definition) is 4. The van der Waals surface area contributed by atoms with Crippen LogP contribution in [0, 0.1) is 11.3 Å². The van der Waals surface area contributed by atoms with E-state index >= 15 is 0 Å². The smallest absolute Gasteiger partial charge is 0.404 e. The Bertz CT molecular complexity index is 1020. The van der Waals surface area contributed by atoms with Crippen molar-refractivity contribution in [1.82, 2.24) is 10.0 Å². The van der Waals surface area contributed by atoms with Crippen LogP contribution in [0.2, 0.25) is 0 Å². The fourth-order valence-corrected chi connectivity index (χ4v) is 4.74. The maximum Gasteiger partial charge on any atom is 0.404 e. The molecule has 2 aromatic carbocycles. The SMILES string of the molecule is COc1ccc(S(=O)(=O)NC(CCCCC#N)[C@H](O)[C@H](Cc2ccccc2)NC(=O)O)cc1. The van der Waals surface area contributed by atoms with Gasteiger partial charge in [-0.25, -0.2) is 17.9 Å². The third-order valence-electron chi connectivity index (χ3n) is 5.16. The number of sulfonamides is 1. The van der Waals surface area contributed by atoms with Crippen LogP contribution in [0.1, 0.15) is 31.2 Å². The lowest BCUT2D eigenvalue weighted by Crippen LogP contribution is -2.54. The molecular weight excluding hydrogens is 446 g/mol. The first-order valence-corrected chi connectivity index (χ1v) is 12.0. The number of nitrogens with one attached hydrogen (secondary N) is 2. The molecule has 0 heterocycles. The van der Waals surface area contributed by atoms with Gasteiger partial charge in [0, 0.05) is 6.42 Å². The monoisotopic (exact) mass is 475 g/mol. The van der Waals surface area contributed by atoms with Crippen LogP contribution in [0.3, 0.4) is 0 Å². The van der Waals surface area contributed by atoms with E-state index in [2.05, 4.69) is 10.0 Å². The Balaban J connectivity index is 2.27. The largest absolute Gasteiger partial charge is 0.497 e. The number of hydrogen-bond acceptors (Lipinski definition) is 6. The minimum Gasteiger partial charge on any atom is -0.497 e. The van der Waals surface area contributed by atoms with Crippen LogP contribution in [0.5, 0.6) is 5.75 Å². The van der Waals surface area contributed by atoms with Crippen molar-refractivity contribution in [3.05, 3.63) is 60.2 Å². The summed E-state index contributed by atoms with van der Waals surface area (Å²) in [7, 11) is -2.54. The average Bonchev–Trinajstić information content (AvgIpc) is 2.80. The first-order valence-electron chi connectivity index (χ1n) is 10.5. The second kappa shape index (κ2) is 12.8. The summed E-state index contributed by atoms with van der Waals surface area (Å²) in [5.41, 5.74) is 0.788. The molecule has 9 nitrogen and oxygen atoms in total. The molecule has 33 heavy (non-hydrogen) atoms. The molecule has 2 rings (SSSR count). The van der Waals surface area contributed by atoms with Crippen molar-refractivity contribution in [2.75, 3.05) is 7.11 Å². The van der Waals surface area contributed by atoms with Crippen molar-refractivity contribution in [2.45, 2.75) is 55.2 Å². The summed E-state index contributed by atoms with van der Waals surface area (Å²) >= 11 is 0. The molecule has 3 atom stereocenters. The molecule has 1 unspecified atom stereocenters. The molecule has 0 saturated carbocycles. The molecule has 2 aromatic rings. The van der Waals surface area contributed by atoms with Gasteiger partial charge in [0.05, 0.1) is 36.3 Å². The van der Waals surface area contributed by atoms with E-state index in [1.807, 2.05) is 12.1 Å². The standard InChI is InChI=1S/C23H29N3O6S/c1-32-18-11-13-19(14-12-18)33(30,31)26-20(10-6-3-7-15-24)22(27)21(25-23(28)29)16-17-8-4-2-5-9-17/h2,4-5,8-9,11-14,20-22,25-27H,3,6-7,10,16H2,1H3,(H,28,29)/t20?,21-,22-/m0/s1. The van der Waals surface area contributed by atoms with Crippen LogP contribution in [0.4, 0.5) is 4.79 Å². The number of methoxy groups -OCH3 is 1. The van der Waals surface area contributed by atoms with Gasteiger partial charge < -0.3 is 20.3 Å². The maximum absolute atomic E-state index is 13.0. The fourth-order valence-electron chi connectivity index (χ4n) is 3.45. The van der Waals surface area contributed by atoms with E-state index in [1.165, 1.54) is 31.4 Å². The van der Waals surface area contributed by atoms with Crippen molar-refractivity contribution >= 4 is 16.1 Å². The molecule has 4 N–H and O–H groups in total. The van der Waals surface area contributed by atoms with Gasteiger partial charge in [0.1, 0.15) is 5.75 Å². The lowest BCUT2D eigenvalue weighted by Gasteiger charge is -2.30. The molecule has 1 amide bonds. The van der Waals surface area contributed by atoms with Crippen LogP contribution in [0.25, 0.3) is 0 Å². The van der Waals surface area contributed by atoms with E-state index < -0.39 is 34.3 Å².